The van der Waals surface area contributed by atoms with E-state index in [2.05, 4.69) is 15.6 Å². The maximum atomic E-state index is 12.7. The molecule has 5 nitrogen and oxygen atoms in total. The van der Waals surface area contributed by atoms with Crippen molar-refractivity contribution in [2.24, 2.45) is 5.10 Å². The molecule has 5 heteroatoms. The molecule has 0 saturated carbocycles. The molecule has 4 aromatic rings. The number of hydrogen-bond acceptors (Lipinski definition) is 3. The van der Waals surface area contributed by atoms with E-state index in [1.165, 1.54) is 5.56 Å². The summed E-state index contributed by atoms with van der Waals surface area (Å²) in [7, 11) is 0. The van der Waals surface area contributed by atoms with Crippen LogP contribution in [-0.4, -0.2) is 21.9 Å². The summed E-state index contributed by atoms with van der Waals surface area (Å²) >= 11 is 0. The van der Waals surface area contributed by atoms with Gasteiger partial charge in [-0.2, -0.15) is 10.2 Å². The number of aryl methyl sites for hydroxylation is 2. The van der Waals surface area contributed by atoms with Crippen LogP contribution in [0.3, 0.4) is 0 Å². The molecule has 1 aromatic heterocycles. The Hall–Kier alpha value is -3.99. The zero-order valence-electron chi connectivity index (χ0n) is 16.9. The van der Waals surface area contributed by atoms with E-state index >= 15 is 0 Å². The van der Waals surface area contributed by atoms with E-state index in [4.69, 9.17) is 0 Å². The molecule has 0 radical (unpaired) electrons. The van der Waals surface area contributed by atoms with Crippen LogP contribution in [0, 0.1) is 13.8 Å². The first-order valence-electron chi connectivity index (χ1n) is 9.73. The number of hydrogen-bond donors (Lipinski definition) is 1. The Morgan fingerprint density at radius 1 is 0.900 bits per heavy atom. The van der Waals surface area contributed by atoms with Gasteiger partial charge in [-0.3, -0.25) is 4.79 Å². The molecule has 0 atom stereocenters. The van der Waals surface area contributed by atoms with Gasteiger partial charge in [0, 0.05) is 5.56 Å². The SMILES string of the molecule is Cc1ccc(-c2cc(C(=O)N/N=C\c3ccccc3)nn2-c2cccc(C)c2)cc1. The lowest BCUT2D eigenvalue weighted by Crippen LogP contribution is -2.18. The number of rotatable bonds is 5. The van der Waals surface area contributed by atoms with Gasteiger partial charge in [0.2, 0.25) is 0 Å². The van der Waals surface area contributed by atoms with Gasteiger partial charge < -0.3 is 0 Å². The van der Waals surface area contributed by atoms with Crippen molar-refractivity contribution in [2.45, 2.75) is 13.8 Å². The van der Waals surface area contributed by atoms with Gasteiger partial charge in [0.15, 0.2) is 5.69 Å². The summed E-state index contributed by atoms with van der Waals surface area (Å²) in [5.74, 6) is -0.359. The van der Waals surface area contributed by atoms with E-state index in [0.717, 1.165) is 28.1 Å². The summed E-state index contributed by atoms with van der Waals surface area (Å²) < 4.78 is 1.80. The highest BCUT2D eigenvalue weighted by Gasteiger charge is 2.16. The molecule has 30 heavy (non-hydrogen) atoms. The highest BCUT2D eigenvalue weighted by molar-refractivity contribution is 5.94. The summed E-state index contributed by atoms with van der Waals surface area (Å²) in [6, 6.07) is 27.6. The van der Waals surface area contributed by atoms with Crippen LogP contribution in [0.1, 0.15) is 27.2 Å². The highest BCUT2D eigenvalue weighted by atomic mass is 16.2. The largest absolute Gasteiger partial charge is 0.291 e. The minimum absolute atomic E-state index is 0.303. The second-order valence-corrected chi connectivity index (χ2v) is 7.14. The first kappa shape index (κ1) is 19.3. The molecule has 0 bridgehead atoms. The maximum Gasteiger partial charge on any atom is 0.291 e. The summed E-state index contributed by atoms with van der Waals surface area (Å²) in [5.41, 5.74) is 8.80. The number of nitrogens with zero attached hydrogens (tertiary/aromatic N) is 3. The third-order valence-electron chi connectivity index (χ3n) is 4.71. The van der Waals surface area contributed by atoms with Gasteiger partial charge in [-0.25, -0.2) is 10.1 Å². The average Bonchev–Trinajstić information content (AvgIpc) is 3.21. The lowest BCUT2D eigenvalue weighted by atomic mass is 10.1. The number of carbonyl (C=O) groups is 1. The fourth-order valence-electron chi connectivity index (χ4n) is 3.14. The van der Waals surface area contributed by atoms with Crippen LogP contribution < -0.4 is 5.43 Å². The van der Waals surface area contributed by atoms with Gasteiger partial charge in [0.25, 0.3) is 5.91 Å². The topological polar surface area (TPSA) is 59.3 Å². The molecule has 1 heterocycles. The third kappa shape index (κ3) is 4.36. The first-order chi connectivity index (χ1) is 14.6. The number of nitrogens with one attached hydrogen (secondary N) is 1. The monoisotopic (exact) mass is 394 g/mol. The predicted molar refractivity (Wildman–Crippen MR) is 120 cm³/mol. The number of hydrazone groups is 1. The number of aromatic nitrogens is 2. The quantitative estimate of drug-likeness (QED) is 0.386. The van der Waals surface area contributed by atoms with E-state index < -0.39 is 0 Å². The van der Waals surface area contributed by atoms with Crippen LogP contribution in [0.15, 0.2) is 90.0 Å². The molecule has 1 N–H and O–H groups in total. The molecule has 148 valence electrons. The third-order valence-corrected chi connectivity index (χ3v) is 4.71. The molecule has 0 aliphatic heterocycles. The van der Waals surface area contributed by atoms with Crippen LogP contribution >= 0.6 is 0 Å². The minimum atomic E-state index is -0.359. The van der Waals surface area contributed by atoms with E-state index in [1.807, 2.05) is 92.7 Å². The van der Waals surface area contributed by atoms with Gasteiger partial charge in [-0.15, -0.1) is 0 Å². The van der Waals surface area contributed by atoms with Crippen LogP contribution in [0.4, 0.5) is 0 Å². The van der Waals surface area contributed by atoms with Crippen LogP contribution in [-0.2, 0) is 0 Å². The summed E-state index contributed by atoms with van der Waals surface area (Å²) in [5, 5.41) is 8.63. The Kier molecular flexibility index (Phi) is 5.52. The zero-order valence-corrected chi connectivity index (χ0v) is 16.9. The van der Waals surface area contributed by atoms with Crippen molar-refractivity contribution < 1.29 is 4.79 Å². The maximum absolute atomic E-state index is 12.7. The molecular weight excluding hydrogens is 372 g/mol. The Morgan fingerprint density at radius 3 is 2.40 bits per heavy atom. The van der Waals surface area contributed by atoms with Crippen molar-refractivity contribution in [3.8, 4) is 16.9 Å². The summed E-state index contributed by atoms with van der Waals surface area (Å²) in [4.78, 5) is 12.7. The fraction of sp³-hybridized carbons (Fsp3) is 0.0800. The minimum Gasteiger partial charge on any atom is -0.265 e. The molecule has 0 fully saturated rings. The van der Waals surface area contributed by atoms with Gasteiger partial charge in [0.05, 0.1) is 17.6 Å². The van der Waals surface area contributed by atoms with Crippen molar-refractivity contribution in [2.75, 3.05) is 0 Å². The molecule has 0 aliphatic rings. The Morgan fingerprint density at radius 2 is 1.67 bits per heavy atom. The van der Waals surface area contributed by atoms with Gasteiger partial charge in [-0.1, -0.05) is 72.3 Å². The average molecular weight is 394 g/mol. The predicted octanol–water partition coefficient (Wildman–Crippen LogP) is 4.92. The lowest BCUT2D eigenvalue weighted by Gasteiger charge is -2.08. The standard InChI is InChI=1S/C25H22N4O/c1-18-11-13-21(14-12-18)24-16-23(28-29(24)22-10-6-7-19(2)15-22)25(30)27-26-17-20-8-4-3-5-9-20/h3-17H,1-2H3,(H,27,30)/b26-17-. The molecule has 3 aromatic carbocycles. The first-order valence-corrected chi connectivity index (χ1v) is 9.73. The van der Waals surface area contributed by atoms with Crippen molar-refractivity contribution in [1.29, 1.82) is 0 Å². The zero-order chi connectivity index (χ0) is 20.9. The Labute approximate surface area is 175 Å². The Bertz CT molecular complexity index is 1190. The number of amides is 1. The second kappa shape index (κ2) is 8.57. The fourth-order valence-corrected chi connectivity index (χ4v) is 3.14. The molecule has 1 amide bonds. The Balaban J connectivity index is 1.67. The molecular formula is C25H22N4O. The molecule has 0 saturated heterocycles. The van der Waals surface area contributed by atoms with Crippen LogP contribution in [0.25, 0.3) is 16.9 Å². The van der Waals surface area contributed by atoms with E-state index in [9.17, 15) is 4.79 Å². The normalized spacial score (nSPS) is 11.0. The molecule has 0 aliphatic carbocycles. The van der Waals surface area contributed by atoms with E-state index in [-0.39, 0.29) is 5.91 Å². The van der Waals surface area contributed by atoms with Crippen molar-refractivity contribution in [3.63, 3.8) is 0 Å². The lowest BCUT2D eigenvalue weighted by molar-refractivity contribution is 0.0949. The number of carbonyl (C=O) groups excluding carboxylic acids is 1. The summed E-state index contributed by atoms with van der Waals surface area (Å²) in [6.07, 6.45) is 1.61. The van der Waals surface area contributed by atoms with Gasteiger partial charge >= 0.3 is 0 Å². The molecule has 0 spiro atoms. The smallest absolute Gasteiger partial charge is 0.265 e. The molecule has 0 unspecified atom stereocenters. The van der Waals surface area contributed by atoms with Crippen molar-refractivity contribution in [1.82, 2.24) is 15.2 Å². The van der Waals surface area contributed by atoms with Crippen LogP contribution in [0.5, 0.6) is 0 Å². The van der Waals surface area contributed by atoms with E-state index in [1.54, 1.807) is 17.0 Å². The summed E-state index contributed by atoms with van der Waals surface area (Å²) in [6.45, 7) is 4.08. The van der Waals surface area contributed by atoms with Gasteiger partial charge in [0.1, 0.15) is 0 Å². The van der Waals surface area contributed by atoms with Gasteiger partial charge in [-0.05, 0) is 43.2 Å². The van der Waals surface area contributed by atoms with Crippen molar-refractivity contribution in [3.05, 3.63) is 107 Å². The molecule has 4 rings (SSSR count). The van der Waals surface area contributed by atoms with E-state index in [0.29, 0.717) is 5.69 Å². The highest BCUT2D eigenvalue weighted by Crippen LogP contribution is 2.25. The van der Waals surface area contributed by atoms with Crippen molar-refractivity contribution >= 4 is 12.1 Å². The number of benzene rings is 3. The van der Waals surface area contributed by atoms with Crippen LogP contribution in [0.2, 0.25) is 0 Å². The second-order valence-electron chi connectivity index (χ2n) is 7.14.